The first kappa shape index (κ1) is 14.4. The molecule has 0 radical (unpaired) electrons. The summed E-state index contributed by atoms with van der Waals surface area (Å²) in [5.74, 6) is 0.220. The number of hydrogen-bond acceptors (Lipinski definition) is 2. The van der Waals surface area contributed by atoms with E-state index in [2.05, 4.69) is 41.3 Å². The maximum absolute atomic E-state index is 11.6. The van der Waals surface area contributed by atoms with E-state index in [9.17, 15) is 4.79 Å². The molecule has 112 valence electrons. The topological polar surface area (TPSA) is 62.1 Å². The summed E-state index contributed by atoms with van der Waals surface area (Å²) >= 11 is 0. The SMILES string of the molecule is CN1CC(C(N)=O)C[C@@H]2c3cccc4[nH]cc(c34)C[C@H]21.Cl. The van der Waals surface area contributed by atoms with Gasteiger partial charge in [0, 0.05) is 35.6 Å². The molecule has 1 aliphatic carbocycles. The Morgan fingerprint density at radius 3 is 3.00 bits per heavy atom. The van der Waals surface area contributed by atoms with E-state index in [0.29, 0.717) is 12.0 Å². The van der Waals surface area contributed by atoms with Crippen molar-refractivity contribution in [1.82, 2.24) is 9.88 Å². The van der Waals surface area contributed by atoms with Crippen molar-refractivity contribution >= 4 is 29.2 Å². The number of likely N-dealkylation sites (tertiary alicyclic amines) is 1. The summed E-state index contributed by atoms with van der Waals surface area (Å²) in [5.41, 5.74) is 9.55. The molecule has 21 heavy (non-hydrogen) atoms. The van der Waals surface area contributed by atoms with E-state index < -0.39 is 0 Å². The van der Waals surface area contributed by atoms with Crippen LogP contribution in [0.15, 0.2) is 24.4 Å². The molecule has 2 aromatic rings. The number of nitrogens with two attached hydrogens (primary N) is 1. The van der Waals surface area contributed by atoms with Gasteiger partial charge in [0.05, 0.1) is 5.92 Å². The van der Waals surface area contributed by atoms with E-state index in [1.807, 2.05) is 0 Å². The molecule has 1 saturated heterocycles. The Labute approximate surface area is 130 Å². The lowest BCUT2D eigenvalue weighted by Gasteiger charge is -2.44. The predicted octanol–water partition coefficient (Wildman–Crippen LogP) is 2.03. The molecule has 3 atom stereocenters. The first-order chi connectivity index (χ1) is 9.65. The van der Waals surface area contributed by atoms with Gasteiger partial charge >= 0.3 is 0 Å². The molecule has 0 spiro atoms. The number of amides is 1. The number of nitrogens with zero attached hydrogens (tertiary/aromatic N) is 1. The van der Waals surface area contributed by atoms with Crippen molar-refractivity contribution in [3.05, 3.63) is 35.5 Å². The maximum atomic E-state index is 11.6. The molecule has 1 amide bonds. The van der Waals surface area contributed by atoms with Crippen LogP contribution in [0.5, 0.6) is 0 Å². The Balaban J connectivity index is 0.00000132. The summed E-state index contributed by atoms with van der Waals surface area (Å²) < 4.78 is 0. The van der Waals surface area contributed by atoms with Gasteiger partial charge in [-0.25, -0.2) is 0 Å². The molecule has 4 nitrogen and oxygen atoms in total. The minimum atomic E-state index is -0.164. The molecule has 3 N–H and O–H groups in total. The summed E-state index contributed by atoms with van der Waals surface area (Å²) in [6, 6.07) is 6.93. The van der Waals surface area contributed by atoms with Crippen LogP contribution in [0, 0.1) is 5.92 Å². The standard InChI is InChI=1S/C16H19N3O.ClH/c1-19-8-10(16(17)20)5-12-11-3-2-4-13-15(11)9(7-18-13)6-14(12)19;/h2-4,7,10,12,14,18H,5-6,8H2,1H3,(H2,17,20);1H/t10?,12-,14-;/m1./s1. The van der Waals surface area contributed by atoms with Crippen molar-refractivity contribution in [2.75, 3.05) is 13.6 Å². The Bertz CT molecular complexity index is 696. The van der Waals surface area contributed by atoms with Crippen LogP contribution in [0.1, 0.15) is 23.5 Å². The van der Waals surface area contributed by atoms with E-state index in [0.717, 1.165) is 19.4 Å². The summed E-state index contributed by atoms with van der Waals surface area (Å²) in [7, 11) is 2.12. The summed E-state index contributed by atoms with van der Waals surface area (Å²) in [6.45, 7) is 0.784. The van der Waals surface area contributed by atoms with Crippen LogP contribution in [-0.4, -0.2) is 35.4 Å². The van der Waals surface area contributed by atoms with Gasteiger partial charge in [-0.05, 0) is 37.1 Å². The van der Waals surface area contributed by atoms with Gasteiger partial charge in [0.15, 0.2) is 0 Å². The van der Waals surface area contributed by atoms with Crippen LogP contribution in [0.2, 0.25) is 0 Å². The number of fused-ring (bicyclic) bond motifs is 2. The minimum absolute atomic E-state index is 0. The number of carbonyl (C=O) groups is 1. The molecule has 0 saturated carbocycles. The fourth-order valence-corrected chi connectivity index (χ4v) is 4.15. The molecular weight excluding hydrogens is 286 g/mol. The first-order valence-corrected chi connectivity index (χ1v) is 7.23. The lowest BCUT2D eigenvalue weighted by molar-refractivity contribution is -0.124. The molecule has 4 rings (SSSR count). The summed E-state index contributed by atoms with van der Waals surface area (Å²) in [5, 5.41) is 1.37. The third-order valence-corrected chi connectivity index (χ3v) is 5.13. The lowest BCUT2D eigenvalue weighted by Crippen LogP contribution is -2.50. The number of likely N-dealkylation sites (N-methyl/N-ethyl adjacent to an activating group) is 1. The van der Waals surface area contributed by atoms with Crippen LogP contribution in [0.25, 0.3) is 10.9 Å². The highest BCUT2D eigenvalue weighted by molar-refractivity contribution is 5.88. The number of piperidine rings is 1. The Morgan fingerprint density at radius 2 is 2.24 bits per heavy atom. The summed E-state index contributed by atoms with van der Waals surface area (Å²) in [4.78, 5) is 17.3. The lowest BCUT2D eigenvalue weighted by atomic mass is 9.72. The van der Waals surface area contributed by atoms with Gasteiger partial charge in [0.1, 0.15) is 0 Å². The number of aromatic nitrogens is 1. The van der Waals surface area contributed by atoms with Crippen molar-refractivity contribution in [3.63, 3.8) is 0 Å². The maximum Gasteiger partial charge on any atom is 0.221 e. The highest BCUT2D eigenvalue weighted by atomic mass is 35.5. The number of benzene rings is 1. The highest BCUT2D eigenvalue weighted by Gasteiger charge is 2.40. The van der Waals surface area contributed by atoms with Gasteiger partial charge < -0.3 is 15.6 Å². The van der Waals surface area contributed by atoms with Gasteiger partial charge in [0.25, 0.3) is 0 Å². The van der Waals surface area contributed by atoms with E-state index in [-0.39, 0.29) is 24.2 Å². The van der Waals surface area contributed by atoms with E-state index in [1.54, 1.807) is 0 Å². The fourth-order valence-electron chi connectivity index (χ4n) is 4.15. The smallest absolute Gasteiger partial charge is 0.221 e. The molecule has 1 aliphatic heterocycles. The second-order valence-corrected chi connectivity index (χ2v) is 6.24. The van der Waals surface area contributed by atoms with E-state index >= 15 is 0 Å². The minimum Gasteiger partial charge on any atom is -0.369 e. The van der Waals surface area contributed by atoms with Gasteiger partial charge in [-0.2, -0.15) is 0 Å². The van der Waals surface area contributed by atoms with Crippen molar-refractivity contribution < 1.29 is 4.79 Å². The fraction of sp³-hybridized carbons (Fsp3) is 0.438. The average molecular weight is 306 g/mol. The quantitative estimate of drug-likeness (QED) is 0.847. The molecule has 2 aliphatic rings. The molecule has 0 bridgehead atoms. The van der Waals surface area contributed by atoms with E-state index in [4.69, 9.17) is 5.73 Å². The second-order valence-electron chi connectivity index (χ2n) is 6.24. The molecular formula is C16H20ClN3O. The molecule has 1 aromatic carbocycles. The van der Waals surface area contributed by atoms with Crippen molar-refractivity contribution in [2.24, 2.45) is 11.7 Å². The van der Waals surface area contributed by atoms with Crippen molar-refractivity contribution in [3.8, 4) is 0 Å². The zero-order valence-corrected chi connectivity index (χ0v) is 12.8. The van der Waals surface area contributed by atoms with Gasteiger partial charge in [0.2, 0.25) is 5.91 Å². The van der Waals surface area contributed by atoms with Crippen molar-refractivity contribution in [1.29, 1.82) is 0 Å². The number of carbonyl (C=O) groups excluding carboxylic acids is 1. The number of rotatable bonds is 1. The molecule has 5 heteroatoms. The molecule has 1 aromatic heterocycles. The van der Waals surface area contributed by atoms with Crippen LogP contribution in [-0.2, 0) is 11.2 Å². The monoisotopic (exact) mass is 305 g/mol. The Kier molecular flexibility index (Phi) is 3.46. The normalized spacial score (nSPS) is 28.0. The third-order valence-electron chi connectivity index (χ3n) is 5.13. The van der Waals surface area contributed by atoms with Crippen molar-refractivity contribution in [2.45, 2.75) is 24.8 Å². The number of hydrogen-bond donors (Lipinski definition) is 2. The van der Waals surface area contributed by atoms with E-state index in [1.165, 1.54) is 22.0 Å². The number of halogens is 1. The van der Waals surface area contributed by atoms with Gasteiger partial charge in [-0.15, -0.1) is 12.4 Å². The summed E-state index contributed by atoms with van der Waals surface area (Å²) in [6.07, 6.45) is 4.08. The largest absolute Gasteiger partial charge is 0.369 e. The first-order valence-electron chi connectivity index (χ1n) is 7.23. The highest BCUT2D eigenvalue weighted by Crippen LogP contribution is 2.44. The second kappa shape index (κ2) is 5.04. The van der Waals surface area contributed by atoms with Crippen LogP contribution in [0.3, 0.4) is 0 Å². The van der Waals surface area contributed by atoms with Crippen LogP contribution >= 0.6 is 12.4 Å². The average Bonchev–Trinajstić information content (AvgIpc) is 2.84. The zero-order valence-electron chi connectivity index (χ0n) is 12.0. The van der Waals surface area contributed by atoms with Gasteiger partial charge in [-0.1, -0.05) is 12.1 Å². The number of primary amides is 1. The van der Waals surface area contributed by atoms with Gasteiger partial charge in [-0.3, -0.25) is 4.79 Å². The Hall–Kier alpha value is -1.52. The number of H-pyrrole nitrogens is 1. The Morgan fingerprint density at radius 1 is 1.43 bits per heavy atom. The number of aromatic amines is 1. The molecule has 2 heterocycles. The molecule has 1 unspecified atom stereocenters. The number of nitrogens with one attached hydrogen (secondary N) is 1. The third kappa shape index (κ3) is 2.05. The predicted molar refractivity (Wildman–Crippen MR) is 85.7 cm³/mol. The molecule has 1 fully saturated rings. The van der Waals surface area contributed by atoms with Crippen LogP contribution < -0.4 is 5.73 Å². The zero-order chi connectivity index (χ0) is 13.9. The van der Waals surface area contributed by atoms with Crippen LogP contribution in [0.4, 0.5) is 0 Å².